The van der Waals surface area contributed by atoms with Crippen molar-refractivity contribution in [3.63, 3.8) is 0 Å². The van der Waals surface area contributed by atoms with Crippen LogP contribution >= 0.6 is 0 Å². The minimum atomic E-state index is -1.14. The summed E-state index contributed by atoms with van der Waals surface area (Å²) in [5.41, 5.74) is 6.74. The first-order valence-electron chi connectivity index (χ1n) is 17.4. The maximum atomic E-state index is 13.6. The van der Waals surface area contributed by atoms with Gasteiger partial charge in [-0.3, -0.25) is 0 Å². The number of hydrogen-bond donors (Lipinski definition) is 5. The average Bonchev–Trinajstić information content (AvgIpc) is 3.01. The molecule has 0 amide bonds. The SMILES string of the molecule is C=C(C)[C@H]1CC/C(C)=C/CC[C@@]2(C=O)[C@H](CC3=C[C@@H]2C/C(C)=C\[C@@H](O)c2cc(O)c(cc2O)C/C(C)=C\CC3)Cc2cc(O)cc1c2O. The van der Waals surface area contributed by atoms with E-state index in [0.29, 0.717) is 48.8 Å². The highest BCUT2D eigenvalue weighted by Gasteiger charge is 2.47. The first-order chi connectivity index (χ1) is 22.8. The number of fused-ring (bicyclic) bond motifs is 10. The molecular formula is C42H52O6. The van der Waals surface area contributed by atoms with Gasteiger partial charge < -0.3 is 30.3 Å². The third kappa shape index (κ3) is 7.49. The van der Waals surface area contributed by atoms with E-state index < -0.39 is 11.5 Å². The van der Waals surface area contributed by atoms with E-state index in [2.05, 4.69) is 31.7 Å². The van der Waals surface area contributed by atoms with Gasteiger partial charge in [0.05, 0.1) is 0 Å². The van der Waals surface area contributed by atoms with E-state index in [9.17, 15) is 30.3 Å². The number of aliphatic hydroxyl groups is 1. The highest BCUT2D eigenvalue weighted by Crippen LogP contribution is 2.52. The molecule has 0 saturated heterocycles. The topological polar surface area (TPSA) is 118 Å². The predicted molar refractivity (Wildman–Crippen MR) is 191 cm³/mol. The number of allylic oxidation sites excluding steroid dienone is 8. The molecule has 6 bridgehead atoms. The number of aldehydes is 1. The van der Waals surface area contributed by atoms with Crippen molar-refractivity contribution in [2.24, 2.45) is 17.3 Å². The summed E-state index contributed by atoms with van der Waals surface area (Å²) in [5.74, 6) is -0.166. The Labute approximate surface area is 285 Å². The number of hydrogen-bond acceptors (Lipinski definition) is 6. The number of benzene rings is 2. The molecule has 0 radical (unpaired) electrons. The van der Waals surface area contributed by atoms with Crippen LogP contribution in [0.15, 0.2) is 83.0 Å². The van der Waals surface area contributed by atoms with Crippen LogP contribution in [-0.2, 0) is 17.6 Å². The molecule has 48 heavy (non-hydrogen) atoms. The van der Waals surface area contributed by atoms with Crippen LogP contribution in [0.4, 0.5) is 0 Å². The summed E-state index contributed by atoms with van der Waals surface area (Å²) in [5, 5.41) is 55.4. The number of carbonyl (C=O) groups excluding carboxylic acids is 1. The summed E-state index contributed by atoms with van der Waals surface area (Å²) < 4.78 is 0. The van der Waals surface area contributed by atoms with Crippen molar-refractivity contribution in [1.29, 1.82) is 0 Å². The second kappa shape index (κ2) is 14.6. The Morgan fingerprint density at radius 2 is 1.58 bits per heavy atom. The number of aromatic hydroxyl groups is 4. The van der Waals surface area contributed by atoms with E-state index >= 15 is 0 Å². The average molecular weight is 653 g/mol. The molecule has 4 aliphatic rings. The van der Waals surface area contributed by atoms with Crippen molar-refractivity contribution in [1.82, 2.24) is 0 Å². The molecule has 6 rings (SSSR count). The molecule has 4 aliphatic carbocycles. The molecule has 0 unspecified atom stereocenters. The van der Waals surface area contributed by atoms with Gasteiger partial charge in [0.25, 0.3) is 0 Å². The molecule has 5 atom stereocenters. The van der Waals surface area contributed by atoms with Gasteiger partial charge in [-0.15, -0.1) is 0 Å². The Bertz CT molecular complexity index is 1690. The fourth-order valence-corrected chi connectivity index (χ4v) is 8.41. The largest absolute Gasteiger partial charge is 0.508 e. The smallest absolute Gasteiger partial charge is 0.127 e. The van der Waals surface area contributed by atoms with Gasteiger partial charge in [-0.1, -0.05) is 58.7 Å². The van der Waals surface area contributed by atoms with Gasteiger partial charge in [-0.05, 0) is 134 Å². The molecule has 0 saturated carbocycles. The van der Waals surface area contributed by atoms with Gasteiger partial charge in [0.2, 0.25) is 0 Å². The molecule has 0 aliphatic heterocycles. The third-order valence-electron chi connectivity index (χ3n) is 11.1. The minimum absolute atomic E-state index is 0.0374. The van der Waals surface area contributed by atoms with Gasteiger partial charge in [0, 0.05) is 28.0 Å². The Balaban J connectivity index is 1.64. The summed E-state index contributed by atoms with van der Waals surface area (Å²) >= 11 is 0. The lowest BCUT2D eigenvalue weighted by molar-refractivity contribution is -0.123. The van der Waals surface area contributed by atoms with E-state index in [-0.39, 0.29) is 46.3 Å². The minimum Gasteiger partial charge on any atom is -0.508 e. The van der Waals surface area contributed by atoms with Gasteiger partial charge in [-0.25, -0.2) is 0 Å². The second-order valence-corrected chi connectivity index (χ2v) is 14.8. The first-order valence-corrected chi connectivity index (χ1v) is 17.4. The molecule has 0 spiro atoms. The lowest BCUT2D eigenvalue weighted by Gasteiger charge is -2.46. The van der Waals surface area contributed by atoms with Gasteiger partial charge >= 0.3 is 0 Å². The summed E-state index contributed by atoms with van der Waals surface area (Å²) in [6.45, 7) is 12.3. The number of aliphatic hydroxyl groups excluding tert-OH is 1. The van der Waals surface area contributed by atoms with E-state index in [1.807, 2.05) is 20.8 Å². The van der Waals surface area contributed by atoms with Crippen molar-refractivity contribution in [3.05, 3.63) is 105 Å². The third-order valence-corrected chi connectivity index (χ3v) is 11.1. The molecule has 0 aromatic heterocycles. The predicted octanol–water partition coefficient (Wildman–Crippen LogP) is 9.33. The quantitative estimate of drug-likeness (QED) is 0.125. The van der Waals surface area contributed by atoms with Crippen molar-refractivity contribution >= 4 is 6.29 Å². The fourth-order valence-electron chi connectivity index (χ4n) is 8.41. The van der Waals surface area contributed by atoms with Crippen LogP contribution in [-0.4, -0.2) is 31.8 Å². The Morgan fingerprint density at radius 3 is 2.31 bits per heavy atom. The van der Waals surface area contributed by atoms with E-state index in [1.54, 1.807) is 18.2 Å². The van der Waals surface area contributed by atoms with Crippen LogP contribution in [0.1, 0.15) is 113 Å². The van der Waals surface area contributed by atoms with Crippen LogP contribution in [0.25, 0.3) is 0 Å². The number of phenols is 4. The molecule has 5 N–H and O–H groups in total. The summed E-state index contributed by atoms with van der Waals surface area (Å²) in [6, 6.07) is 6.29. The van der Waals surface area contributed by atoms with Gasteiger partial charge in [-0.2, -0.15) is 0 Å². The molecular weight excluding hydrogens is 600 g/mol. The lowest BCUT2D eigenvalue weighted by Crippen LogP contribution is -2.43. The number of carbonyl (C=O) groups is 1. The molecule has 6 heteroatoms. The standard InChI is InChI=1S/C42H52O6/c1-25(2)35-12-11-26(3)9-7-13-42(24-43)32-15-28(5)16-39(46)37-23-38(45)30(21-40(37)47)14-27(4)8-6-10-29(17-32)18-33(42)19-31-20-34(44)22-36(35)41(31)48/h8-9,16-17,20-24,32-33,35,39,44-48H,1,6-7,10-15,18-19H2,2-5H3/b26-9+,27-8-,28-16-/t32-,33+,35+,39+,42-/m0/s1. The zero-order valence-corrected chi connectivity index (χ0v) is 28.9. The van der Waals surface area contributed by atoms with E-state index in [0.717, 1.165) is 55.1 Å². The second-order valence-electron chi connectivity index (χ2n) is 14.8. The maximum absolute atomic E-state index is 13.6. The Morgan fingerprint density at radius 1 is 0.833 bits per heavy atom. The molecule has 0 heterocycles. The van der Waals surface area contributed by atoms with Crippen molar-refractivity contribution in [2.45, 2.75) is 104 Å². The normalized spacial score (nSPS) is 30.4. The Hall–Kier alpha value is -4.03. The molecule has 0 fully saturated rings. The first kappa shape index (κ1) is 35.3. The van der Waals surface area contributed by atoms with Crippen LogP contribution < -0.4 is 0 Å². The zero-order valence-electron chi connectivity index (χ0n) is 28.9. The summed E-state index contributed by atoms with van der Waals surface area (Å²) in [7, 11) is 0. The van der Waals surface area contributed by atoms with Crippen LogP contribution in [0.3, 0.4) is 0 Å². The highest BCUT2D eigenvalue weighted by molar-refractivity contribution is 5.63. The van der Waals surface area contributed by atoms with Crippen molar-refractivity contribution in [2.75, 3.05) is 0 Å². The molecule has 256 valence electrons. The Kier molecular flexibility index (Phi) is 10.7. The summed E-state index contributed by atoms with van der Waals surface area (Å²) in [6.07, 6.45) is 15.1. The van der Waals surface area contributed by atoms with Crippen LogP contribution in [0.5, 0.6) is 23.0 Å². The van der Waals surface area contributed by atoms with Gasteiger partial charge in [0.15, 0.2) is 0 Å². The highest BCUT2D eigenvalue weighted by atomic mass is 16.3. The zero-order chi connectivity index (χ0) is 34.7. The molecule has 6 nitrogen and oxygen atoms in total. The van der Waals surface area contributed by atoms with Crippen molar-refractivity contribution < 1.29 is 30.3 Å². The fraction of sp³-hybridized carbons (Fsp3) is 0.452. The molecule has 2 aromatic rings. The van der Waals surface area contributed by atoms with Crippen molar-refractivity contribution in [3.8, 4) is 23.0 Å². The molecule has 2 aromatic carbocycles. The van der Waals surface area contributed by atoms with Crippen LogP contribution in [0.2, 0.25) is 0 Å². The van der Waals surface area contributed by atoms with E-state index in [1.165, 1.54) is 23.3 Å². The number of phenolic OH excluding ortho intramolecular Hbond substituents is 4. The number of rotatable bonds is 2. The lowest BCUT2D eigenvalue weighted by atomic mass is 9.56. The van der Waals surface area contributed by atoms with Gasteiger partial charge in [0.1, 0.15) is 35.4 Å². The summed E-state index contributed by atoms with van der Waals surface area (Å²) in [4.78, 5) is 13.6. The monoisotopic (exact) mass is 652 g/mol. The van der Waals surface area contributed by atoms with Crippen LogP contribution in [0, 0.1) is 17.3 Å². The van der Waals surface area contributed by atoms with E-state index in [4.69, 9.17) is 0 Å². The maximum Gasteiger partial charge on any atom is 0.127 e.